The molecule has 2 aromatic rings. The van der Waals surface area contributed by atoms with Gasteiger partial charge in [0.05, 0.1) is 12.7 Å². The van der Waals surface area contributed by atoms with E-state index in [9.17, 15) is 4.79 Å². The van der Waals surface area contributed by atoms with Crippen LogP contribution in [0.2, 0.25) is 0 Å². The summed E-state index contributed by atoms with van der Waals surface area (Å²) >= 11 is 3.44. The van der Waals surface area contributed by atoms with Gasteiger partial charge in [0, 0.05) is 15.7 Å². The van der Waals surface area contributed by atoms with Gasteiger partial charge in [-0.3, -0.25) is 0 Å². The molecule has 2 rings (SSSR count). The van der Waals surface area contributed by atoms with E-state index >= 15 is 0 Å². The average Bonchev–Trinajstić information content (AvgIpc) is 2.48. The fourth-order valence-corrected chi connectivity index (χ4v) is 2.21. The number of carbonyl (C=O) groups is 1. The predicted octanol–water partition coefficient (Wildman–Crippen LogP) is 3.71. The van der Waals surface area contributed by atoms with Crippen molar-refractivity contribution in [2.24, 2.45) is 0 Å². The van der Waals surface area contributed by atoms with Crippen LogP contribution in [0.4, 0.5) is 5.69 Å². The van der Waals surface area contributed by atoms with Gasteiger partial charge in [-0.25, -0.2) is 4.79 Å². The zero-order valence-electron chi connectivity index (χ0n) is 11.9. The molecule has 2 N–H and O–H groups in total. The van der Waals surface area contributed by atoms with E-state index in [2.05, 4.69) is 15.9 Å². The molecule has 110 valence electrons. The first-order valence-corrected chi connectivity index (χ1v) is 7.17. The lowest BCUT2D eigenvalue weighted by molar-refractivity contribution is 0.0599. The van der Waals surface area contributed by atoms with Gasteiger partial charge in [0.1, 0.15) is 12.4 Å². The van der Waals surface area contributed by atoms with Crippen molar-refractivity contribution in [2.45, 2.75) is 13.5 Å². The van der Waals surface area contributed by atoms with E-state index in [4.69, 9.17) is 15.2 Å². The third-order valence-corrected chi connectivity index (χ3v) is 3.99. The molecule has 5 heteroatoms. The molecular weight excluding hydrogens is 334 g/mol. The van der Waals surface area contributed by atoms with E-state index in [0.29, 0.717) is 16.8 Å². The Bertz CT molecular complexity index is 671. The summed E-state index contributed by atoms with van der Waals surface area (Å²) in [5, 5.41) is 0. The van der Waals surface area contributed by atoms with Crippen molar-refractivity contribution in [3.05, 3.63) is 57.6 Å². The normalized spacial score (nSPS) is 10.2. The van der Waals surface area contributed by atoms with Gasteiger partial charge in [0.15, 0.2) is 0 Å². The third-order valence-electron chi connectivity index (χ3n) is 3.10. The van der Waals surface area contributed by atoms with Crippen molar-refractivity contribution in [1.82, 2.24) is 0 Å². The molecule has 4 nitrogen and oxygen atoms in total. The highest BCUT2D eigenvalue weighted by atomic mass is 79.9. The van der Waals surface area contributed by atoms with Gasteiger partial charge in [-0.15, -0.1) is 0 Å². The Hall–Kier alpha value is -2.01. The first kappa shape index (κ1) is 15.4. The van der Waals surface area contributed by atoms with E-state index in [1.165, 1.54) is 7.11 Å². The van der Waals surface area contributed by atoms with Crippen LogP contribution in [0.25, 0.3) is 0 Å². The Morgan fingerprint density at radius 1 is 1.29 bits per heavy atom. The lowest BCUT2D eigenvalue weighted by Gasteiger charge is -2.12. The van der Waals surface area contributed by atoms with Crippen LogP contribution < -0.4 is 10.5 Å². The van der Waals surface area contributed by atoms with Crippen molar-refractivity contribution in [3.8, 4) is 5.75 Å². The lowest BCUT2D eigenvalue weighted by atomic mass is 10.1. The first-order valence-electron chi connectivity index (χ1n) is 6.37. The second kappa shape index (κ2) is 6.63. The first-order chi connectivity index (χ1) is 10.0. The molecule has 0 aliphatic rings. The number of carbonyl (C=O) groups excluding carboxylic acids is 1. The van der Waals surface area contributed by atoms with Crippen LogP contribution in [0.1, 0.15) is 21.5 Å². The van der Waals surface area contributed by atoms with Gasteiger partial charge in [-0.1, -0.05) is 28.1 Å². The van der Waals surface area contributed by atoms with Gasteiger partial charge in [-0.2, -0.15) is 0 Å². The minimum Gasteiger partial charge on any atom is -0.489 e. The topological polar surface area (TPSA) is 61.5 Å². The summed E-state index contributed by atoms with van der Waals surface area (Å²) < 4.78 is 11.5. The second-order valence-corrected chi connectivity index (χ2v) is 5.43. The number of benzene rings is 2. The van der Waals surface area contributed by atoms with Crippen molar-refractivity contribution < 1.29 is 14.3 Å². The lowest BCUT2D eigenvalue weighted by Crippen LogP contribution is -2.11. The molecule has 0 saturated carbocycles. The minimum absolute atomic E-state index is 0.247. The number of esters is 1. The summed E-state index contributed by atoms with van der Waals surface area (Å²) in [7, 11) is 1.33. The maximum Gasteiger partial charge on any atom is 0.340 e. The summed E-state index contributed by atoms with van der Waals surface area (Å²) in [4.78, 5) is 11.8. The minimum atomic E-state index is -0.460. The molecule has 0 aliphatic carbocycles. The van der Waals surface area contributed by atoms with Crippen LogP contribution in [0.3, 0.4) is 0 Å². The van der Waals surface area contributed by atoms with Gasteiger partial charge in [-0.05, 0) is 36.8 Å². The number of halogens is 1. The number of anilines is 1. The number of rotatable bonds is 4. The van der Waals surface area contributed by atoms with Crippen LogP contribution in [0, 0.1) is 6.92 Å². The van der Waals surface area contributed by atoms with E-state index in [0.717, 1.165) is 15.8 Å². The maximum atomic E-state index is 11.8. The zero-order valence-corrected chi connectivity index (χ0v) is 13.4. The highest BCUT2D eigenvalue weighted by molar-refractivity contribution is 9.10. The standard InChI is InChI=1S/C16H16BrNO3/c1-10-8-12(6-7-13(10)17)21-9-11-4-3-5-14(18)15(11)16(19)20-2/h3-8H,9,18H2,1-2H3. The van der Waals surface area contributed by atoms with E-state index in [1.807, 2.05) is 25.1 Å². The smallest absolute Gasteiger partial charge is 0.340 e. The van der Waals surface area contributed by atoms with E-state index in [1.54, 1.807) is 18.2 Å². The molecule has 0 aliphatic heterocycles. The summed E-state index contributed by atoms with van der Waals surface area (Å²) in [5.74, 6) is 0.271. The Morgan fingerprint density at radius 3 is 2.71 bits per heavy atom. The van der Waals surface area contributed by atoms with Crippen molar-refractivity contribution in [2.75, 3.05) is 12.8 Å². The zero-order chi connectivity index (χ0) is 15.4. The molecule has 0 unspecified atom stereocenters. The highest BCUT2D eigenvalue weighted by Crippen LogP contribution is 2.24. The van der Waals surface area contributed by atoms with Gasteiger partial charge in [0.2, 0.25) is 0 Å². The van der Waals surface area contributed by atoms with Crippen molar-refractivity contribution in [3.63, 3.8) is 0 Å². The van der Waals surface area contributed by atoms with Gasteiger partial charge in [0.25, 0.3) is 0 Å². The molecule has 0 fully saturated rings. The summed E-state index contributed by atoms with van der Waals surface area (Å²) in [6.45, 7) is 2.23. The molecule has 0 atom stereocenters. The molecule has 0 saturated heterocycles. The highest BCUT2D eigenvalue weighted by Gasteiger charge is 2.15. The van der Waals surface area contributed by atoms with E-state index in [-0.39, 0.29) is 6.61 Å². The van der Waals surface area contributed by atoms with Crippen LogP contribution in [-0.2, 0) is 11.3 Å². The van der Waals surface area contributed by atoms with Crippen molar-refractivity contribution >= 4 is 27.6 Å². The Morgan fingerprint density at radius 2 is 2.05 bits per heavy atom. The fourth-order valence-electron chi connectivity index (χ4n) is 1.96. The number of nitrogens with two attached hydrogens (primary N) is 1. The summed E-state index contributed by atoms with van der Waals surface area (Å²) in [6.07, 6.45) is 0. The Labute approximate surface area is 132 Å². The molecule has 0 spiro atoms. The SMILES string of the molecule is COC(=O)c1c(N)cccc1COc1ccc(Br)c(C)c1. The molecular formula is C16H16BrNO3. The second-order valence-electron chi connectivity index (χ2n) is 4.57. The quantitative estimate of drug-likeness (QED) is 0.675. The molecule has 0 amide bonds. The molecule has 2 aromatic carbocycles. The monoisotopic (exact) mass is 349 g/mol. The number of aryl methyl sites for hydroxylation is 1. The summed E-state index contributed by atoms with van der Waals surface area (Å²) in [6, 6.07) is 11.0. The summed E-state index contributed by atoms with van der Waals surface area (Å²) in [5.41, 5.74) is 8.36. The Balaban J connectivity index is 2.22. The van der Waals surface area contributed by atoms with Crippen LogP contribution in [0.5, 0.6) is 5.75 Å². The number of ether oxygens (including phenoxy) is 2. The van der Waals surface area contributed by atoms with Crippen LogP contribution in [-0.4, -0.2) is 13.1 Å². The van der Waals surface area contributed by atoms with Crippen LogP contribution in [0.15, 0.2) is 40.9 Å². The number of hydrogen-bond donors (Lipinski definition) is 1. The fraction of sp³-hybridized carbons (Fsp3) is 0.188. The van der Waals surface area contributed by atoms with E-state index < -0.39 is 5.97 Å². The largest absolute Gasteiger partial charge is 0.489 e. The molecule has 0 bridgehead atoms. The number of hydrogen-bond acceptors (Lipinski definition) is 4. The molecule has 21 heavy (non-hydrogen) atoms. The molecule has 0 aromatic heterocycles. The molecule has 0 heterocycles. The third kappa shape index (κ3) is 3.55. The maximum absolute atomic E-state index is 11.8. The van der Waals surface area contributed by atoms with Crippen molar-refractivity contribution in [1.29, 1.82) is 0 Å². The van der Waals surface area contributed by atoms with Crippen LogP contribution >= 0.6 is 15.9 Å². The Kier molecular flexibility index (Phi) is 4.85. The van der Waals surface area contributed by atoms with Gasteiger partial charge < -0.3 is 15.2 Å². The number of nitrogen functional groups attached to an aromatic ring is 1. The predicted molar refractivity (Wildman–Crippen MR) is 85.4 cm³/mol. The number of methoxy groups -OCH3 is 1. The average molecular weight is 350 g/mol. The van der Waals surface area contributed by atoms with Gasteiger partial charge >= 0.3 is 5.97 Å². The molecule has 0 radical (unpaired) electrons.